The van der Waals surface area contributed by atoms with E-state index in [4.69, 9.17) is 58.5 Å². The SMILES string of the molecule is C#CCN(C(C)=O)C1OC(CO)C(OC2OC(CO)C(OC3OC(CO)C(O)C(OC4OC(CO)C(O)C(OC5OC(CO)C(O)C(O)C5OC5OC(C)C(O)C(O)C5O)C4NC(C)=O)C3O)C(O)C2O)C(O)C1O. The Hall–Kier alpha value is -2.62. The van der Waals surface area contributed by atoms with Crippen LogP contribution in [0, 0.1) is 12.3 Å². The van der Waals surface area contributed by atoms with E-state index in [1.54, 1.807) is 0 Å². The number of aliphatic hydroxyl groups is 17. The fraction of sp³-hybridized carbons (Fsp3) is 0.907. The molecule has 6 fully saturated rings. The van der Waals surface area contributed by atoms with Crippen molar-refractivity contribution in [2.75, 3.05) is 39.6 Å². The molecule has 75 heavy (non-hydrogen) atoms. The van der Waals surface area contributed by atoms with E-state index in [2.05, 4.69) is 11.2 Å². The Morgan fingerprint density at radius 3 is 1.41 bits per heavy atom. The van der Waals surface area contributed by atoms with Crippen LogP contribution in [0.5, 0.6) is 0 Å². The Morgan fingerprint density at radius 2 is 0.867 bits per heavy atom. The molecule has 32 nitrogen and oxygen atoms in total. The zero-order chi connectivity index (χ0) is 55.5. The van der Waals surface area contributed by atoms with Gasteiger partial charge in [-0.15, -0.1) is 6.42 Å². The summed E-state index contributed by atoms with van der Waals surface area (Å²) in [5.41, 5.74) is 0. The quantitative estimate of drug-likeness (QED) is 0.0567. The molecule has 6 rings (SSSR count). The van der Waals surface area contributed by atoms with Crippen LogP contribution in [0.2, 0.25) is 0 Å². The third-order valence-corrected chi connectivity index (χ3v) is 13.8. The van der Waals surface area contributed by atoms with Crippen molar-refractivity contribution in [3.05, 3.63) is 0 Å². The molecule has 0 bridgehead atoms. The Bertz CT molecular complexity index is 1870. The average molecular weight is 1100 g/mol. The van der Waals surface area contributed by atoms with Crippen molar-refractivity contribution < 1.29 is 149 Å². The van der Waals surface area contributed by atoms with Crippen LogP contribution in [0.4, 0.5) is 0 Å². The largest absolute Gasteiger partial charge is 0.394 e. The smallest absolute Gasteiger partial charge is 0.222 e. The zero-order valence-corrected chi connectivity index (χ0v) is 40.5. The van der Waals surface area contributed by atoms with Crippen LogP contribution in [0.1, 0.15) is 20.8 Å². The molecule has 6 saturated heterocycles. The van der Waals surface area contributed by atoms with Crippen molar-refractivity contribution in [3.8, 4) is 12.3 Å². The van der Waals surface area contributed by atoms with Crippen molar-refractivity contribution in [3.63, 3.8) is 0 Å². The minimum absolute atomic E-state index is 0.365. The number of amides is 2. The molecule has 6 aliphatic rings. The summed E-state index contributed by atoms with van der Waals surface area (Å²) in [6.07, 6.45) is -49.1. The summed E-state index contributed by atoms with van der Waals surface area (Å²) in [5.74, 6) is 0.673. The lowest BCUT2D eigenvalue weighted by Crippen LogP contribution is -2.70. The molecule has 0 aromatic carbocycles. The van der Waals surface area contributed by atoms with E-state index >= 15 is 0 Å². The normalized spacial score (nSPS) is 48.6. The lowest BCUT2D eigenvalue weighted by atomic mass is 9.94. The first-order chi connectivity index (χ1) is 35.5. The lowest BCUT2D eigenvalue weighted by Gasteiger charge is -2.51. The van der Waals surface area contributed by atoms with Crippen LogP contribution < -0.4 is 5.32 Å². The van der Waals surface area contributed by atoms with Gasteiger partial charge in [-0.1, -0.05) is 5.92 Å². The molecule has 18 N–H and O–H groups in total. The second-order valence-corrected chi connectivity index (χ2v) is 18.8. The molecule has 0 spiro atoms. The van der Waals surface area contributed by atoms with Crippen molar-refractivity contribution in [2.45, 2.75) is 205 Å². The van der Waals surface area contributed by atoms with Gasteiger partial charge in [0.15, 0.2) is 37.7 Å². The van der Waals surface area contributed by atoms with E-state index in [-0.39, 0.29) is 6.54 Å². The molecular formula is C43H70N2O30. The third kappa shape index (κ3) is 13.0. The highest BCUT2D eigenvalue weighted by Gasteiger charge is 2.58. The minimum Gasteiger partial charge on any atom is -0.394 e. The molecule has 30 unspecified atom stereocenters. The number of hydrogen-bond donors (Lipinski definition) is 18. The van der Waals surface area contributed by atoms with Crippen molar-refractivity contribution in [1.29, 1.82) is 0 Å². The molecule has 2 amide bonds. The number of hydrogen-bond acceptors (Lipinski definition) is 30. The van der Waals surface area contributed by atoms with Gasteiger partial charge in [-0.05, 0) is 6.92 Å². The van der Waals surface area contributed by atoms with Gasteiger partial charge in [0, 0.05) is 13.8 Å². The number of carbonyl (C=O) groups is 2. The number of aliphatic hydroxyl groups excluding tert-OH is 17. The molecule has 6 aliphatic heterocycles. The van der Waals surface area contributed by atoms with Gasteiger partial charge in [-0.25, -0.2) is 0 Å². The number of ether oxygens (including phenoxy) is 11. The molecule has 32 heteroatoms. The van der Waals surface area contributed by atoms with Gasteiger partial charge in [-0.2, -0.15) is 0 Å². The van der Waals surface area contributed by atoms with E-state index in [9.17, 15) is 96.4 Å². The first kappa shape index (κ1) is 61.6. The van der Waals surface area contributed by atoms with E-state index in [1.807, 2.05) is 0 Å². The van der Waals surface area contributed by atoms with Gasteiger partial charge in [0.25, 0.3) is 0 Å². The summed E-state index contributed by atoms with van der Waals surface area (Å²) in [7, 11) is 0. The monoisotopic (exact) mass is 1090 g/mol. The minimum atomic E-state index is -2.24. The fourth-order valence-corrected chi connectivity index (χ4v) is 9.58. The molecule has 0 saturated carbocycles. The first-order valence-electron chi connectivity index (χ1n) is 23.9. The summed E-state index contributed by atoms with van der Waals surface area (Å²) >= 11 is 0. The van der Waals surface area contributed by atoms with E-state index in [0.717, 1.165) is 18.7 Å². The number of rotatable bonds is 18. The molecule has 432 valence electrons. The van der Waals surface area contributed by atoms with Crippen LogP contribution in [-0.4, -0.2) is 327 Å². The van der Waals surface area contributed by atoms with E-state index < -0.39 is 229 Å². The number of terminal acetylenes is 1. The molecule has 30 atom stereocenters. The average Bonchev–Trinajstić information content (AvgIpc) is 3.38. The maximum Gasteiger partial charge on any atom is 0.222 e. The molecule has 0 radical (unpaired) electrons. The standard InChI is InChI=1S/C43H70N2O30/c1-5-6-45(14(4)52)38-29(61)27(59)33(18(10-49)66-38)71-41-31(63)28(60)34(19(11-50)70-41)72-42-32(64)36(24(56)17(9-48)68-42)74-39-20(44-13(3)51)35(23(55)16(8-47)67-39)73-43-37(26(58)22(54)15(7-46)69-43)75-40-30(62)25(57)21(53)12(2)65-40/h1,12,15-43,46-50,53-64H,6-11H2,2-4H3,(H,44,51). The van der Waals surface area contributed by atoms with Crippen molar-refractivity contribution >= 4 is 11.8 Å². The van der Waals surface area contributed by atoms with Crippen LogP contribution >= 0.6 is 0 Å². The predicted molar refractivity (Wildman–Crippen MR) is 233 cm³/mol. The van der Waals surface area contributed by atoms with Gasteiger partial charge in [0.1, 0.15) is 140 Å². The van der Waals surface area contributed by atoms with E-state index in [1.165, 1.54) is 6.92 Å². The summed E-state index contributed by atoms with van der Waals surface area (Å²) in [5, 5.41) is 187. The highest BCUT2D eigenvalue weighted by atomic mass is 16.8. The fourth-order valence-electron chi connectivity index (χ4n) is 9.58. The Kier molecular flexibility index (Phi) is 21.8. The Labute approximate surface area is 426 Å². The van der Waals surface area contributed by atoms with Crippen LogP contribution in [0.15, 0.2) is 0 Å². The maximum absolute atomic E-state index is 12.8. The summed E-state index contributed by atoms with van der Waals surface area (Å²) in [6, 6.07) is -1.80. The summed E-state index contributed by atoms with van der Waals surface area (Å²) in [6.45, 7) is -1.90. The van der Waals surface area contributed by atoms with Crippen LogP contribution in [0.3, 0.4) is 0 Å². The number of carbonyl (C=O) groups excluding carboxylic acids is 2. The topological polar surface area (TPSA) is 495 Å². The van der Waals surface area contributed by atoms with Crippen LogP contribution in [0.25, 0.3) is 0 Å². The maximum atomic E-state index is 12.8. The first-order valence-corrected chi connectivity index (χ1v) is 23.9. The van der Waals surface area contributed by atoms with Crippen molar-refractivity contribution in [1.82, 2.24) is 10.2 Å². The number of nitrogens with zero attached hydrogens (tertiary/aromatic N) is 1. The van der Waals surface area contributed by atoms with Crippen molar-refractivity contribution in [2.24, 2.45) is 0 Å². The van der Waals surface area contributed by atoms with Gasteiger partial charge < -0.3 is 149 Å². The lowest BCUT2D eigenvalue weighted by molar-refractivity contribution is -0.392. The Morgan fingerprint density at radius 1 is 0.453 bits per heavy atom. The van der Waals surface area contributed by atoms with Gasteiger partial charge >= 0.3 is 0 Å². The summed E-state index contributed by atoms with van der Waals surface area (Å²) in [4.78, 5) is 26.0. The van der Waals surface area contributed by atoms with Crippen LogP contribution in [-0.2, 0) is 61.7 Å². The zero-order valence-electron chi connectivity index (χ0n) is 40.5. The molecule has 6 heterocycles. The Balaban J connectivity index is 1.22. The van der Waals surface area contributed by atoms with Gasteiger partial charge in [-0.3, -0.25) is 9.59 Å². The predicted octanol–water partition coefficient (Wildman–Crippen LogP) is -12.4. The molecular weight excluding hydrogens is 1020 g/mol. The van der Waals surface area contributed by atoms with Gasteiger partial charge in [0.2, 0.25) is 11.8 Å². The second-order valence-electron chi connectivity index (χ2n) is 18.8. The van der Waals surface area contributed by atoms with Gasteiger partial charge in [0.05, 0.1) is 45.7 Å². The summed E-state index contributed by atoms with van der Waals surface area (Å²) < 4.78 is 63.4. The molecule has 0 aromatic rings. The third-order valence-electron chi connectivity index (χ3n) is 13.8. The highest BCUT2D eigenvalue weighted by molar-refractivity contribution is 5.74. The number of nitrogens with one attached hydrogen (secondary N) is 1. The molecule has 0 aromatic heterocycles. The van der Waals surface area contributed by atoms with E-state index in [0.29, 0.717) is 0 Å². The second kappa shape index (κ2) is 26.6. The molecule has 0 aliphatic carbocycles. The highest BCUT2D eigenvalue weighted by Crippen LogP contribution is 2.37.